The Hall–Kier alpha value is -1.51. The number of nitrogens with one attached hydrogen (secondary N) is 1. The molecule has 0 aromatic carbocycles. The van der Waals surface area contributed by atoms with Crippen LogP contribution in [0.15, 0.2) is 0 Å². The fraction of sp³-hybridized carbons (Fsp3) is 0.895. The van der Waals surface area contributed by atoms with Gasteiger partial charge in [-0.3, -0.25) is 4.79 Å². The van der Waals surface area contributed by atoms with Crippen molar-refractivity contribution in [1.82, 2.24) is 10.2 Å². The second kappa shape index (κ2) is 12.1. The first-order chi connectivity index (χ1) is 13.2. The minimum Gasteiger partial charge on any atom is -0.481 e. The van der Waals surface area contributed by atoms with E-state index in [0.29, 0.717) is 6.54 Å². The molecule has 0 unspecified atom stereocenters. The number of likely N-dealkylation sites (tertiary alicyclic amines) is 1. The Bertz CT molecular complexity index is 478. The predicted molar refractivity (Wildman–Crippen MR) is 99.0 cm³/mol. The minimum atomic E-state index is -4.66. The second-order valence-electron chi connectivity index (χ2n) is 7.57. The first-order valence-corrected chi connectivity index (χ1v) is 10.2. The summed E-state index contributed by atoms with van der Waals surface area (Å²) in [5.41, 5.74) is -2.68. The molecule has 9 heteroatoms. The standard InChI is InChI=1S/C19H33F3N2O4/c20-19(21,22)18(28)11-14-24(15-12-18)17(27)23-13-9-7-5-3-1-2-4-6-8-10-16(25)26/h28H,1-15H2,(H,23,27)(H,25,26). The molecule has 2 amide bonds. The number of rotatable bonds is 12. The highest BCUT2D eigenvalue weighted by molar-refractivity contribution is 5.74. The molecule has 3 N–H and O–H groups in total. The highest BCUT2D eigenvalue weighted by Gasteiger charge is 2.54. The third kappa shape index (κ3) is 9.12. The number of carbonyl (C=O) groups excluding carboxylic acids is 1. The van der Waals surface area contributed by atoms with Crippen LogP contribution in [-0.4, -0.2) is 58.5 Å². The number of urea groups is 1. The average molecular weight is 410 g/mol. The molecule has 0 radical (unpaired) electrons. The fourth-order valence-corrected chi connectivity index (χ4v) is 3.31. The molecular formula is C19H33F3N2O4. The third-order valence-corrected chi connectivity index (χ3v) is 5.25. The number of aliphatic hydroxyl groups is 1. The van der Waals surface area contributed by atoms with Crippen molar-refractivity contribution in [2.24, 2.45) is 0 Å². The molecule has 0 aliphatic carbocycles. The molecule has 0 spiro atoms. The van der Waals surface area contributed by atoms with Crippen LogP contribution in [0.1, 0.15) is 77.0 Å². The normalized spacial score (nSPS) is 16.8. The van der Waals surface area contributed by atoms with Gasteiger partial charge in [0, 0.05) is 38.9 Å². The van der Waals surface area contributed by atoms with Crippen LogP contribution in [0.25, 0.3) is 0 Å². The summed E-state index contributed by atoms with van der Waals surface area (Å²) in [5.74, 6) is -0.741. The summed E-state index contributed by atoms with van der Waals surface area (Å²) in [5, 5.41) is 20.9. The summed E-state index contributed by atoms with van der Waals surface area (Å²) >= 11 is 0. The summed E-state index contributed by atoms with van der Waals surface area (Å²) in [6, 6.07) is -0.370. The van der Waals surface area contributed by atoms with Gasteiger partial charge in [0.05, 0.1) is 0 Å². The number of hydrogen-bond acceptors (Lipinski definition) is 3. The van der Waals surface area contributed by atoms with E-state index in [9.17, 15) is 27.9 Å². The van der Waals surface area contributed by atoms with Crippen LogP contribution in [0.4, 0.5) is 18.0 Å². The van der Waals surface area contributed by atoms with Gasteiger partial charge in [-0.05, 0) is 12.8 Å². The van der Waals surface area contributed by atoms with E-state index in [1.54, 1.807) is 0 Å². The average Bonchev–Trinajstić information content (AvgIpc) is 2.62. The number of halogens is 3. The van der Waals surface area contributed by atoms with Gasteiger partial charge in [0.25, 0.3) is 0 Å². The van der Waals surface area contributed by atoms with Crippen molar-refractivity contribution in [3.05, 3.63) is 0 Å². The highest BCUT2D eigenvalue weighted by atomic mass is 19.4. The van der Waals surface area contributed by atoms with E-state index in [1.165, 1.54) is 4.90 Å². The van der Waals surface area contributed by atoms with Crippen LogP contribution < -0.4 is 5.32 Å². The van der Waals surface area contributed by atoms with Crippen LogP contribution >= 0.6 is 0 Å². The van der Waals surface area contributed by atoms with Crippen LogP contribution in [0.2, 0.25) is 0 Å². The molecule has 164 valence electrons. The van der Waals surface area contributed by atoms with Gasteiger partial charge >= 0.3 is 18.2 Å². The Morgan fingerprint density at radius 3 is 1.82 bits per heavy atom. The largest absolute Gasteiger partial charge is 0.481 e. The third-order valence-electron chi connectivity index (χ3n) is 5.25. The van der Waals surface area contributed by atoms with Crippen LogP contribution in [0.5, 0.6) is 0 Å². The van der Waals surface area contributed by atoms with Gasteiger partial charge in [-0.25, -0.2) is 4.79 Å². The van der Waals surface area contributed by atoms with E-state index < -0.39 is 30.6 Å². The maximum Gasteiger partial charge on any atom is 0.417 e. The molecule has 1 fully saturated rings. The van der Waals surface area contributed by atoms with Gasteiger partial charge in [0.15, 0.2) is 5.60 Å². The summed E-state index contributed by atoms with van der Waals surface area (Å²) < 4.78 is 38.2. The number of carboxylic acid groups (broad SMARTS) is 1. The molecule has 28 heavy (non-hydrogen) atoms. The van der Waals surface area contributed by atoms with Crippen LogP contribution in [-0.2, 0) is 4.79 Å². The van der Waals surface area contributed by atoms with Gasteiger partial charge < -0.3 is 20.4 Å². The van der Waals surface area contributed by atoms with Gasteiger partial charge in [0.1, 0.15) is 0 Å². The number of carboxylic acids is 1. The maximum absolute atomic E-state index is 12.7. The van der Waals surface area contributed by atoms with Crippen molar-refractivity contribution in [2.45, 2.75) is 88.8 Å². The number of carbonyl (C=O) groups is 2. The molecule has 1 heterocycles. The molecule has 0 saturated carbocycles. The van der Waals surface area contributed by atoms with Crippen molar-refractivity contribution >= 4 is 12.0 Å². The van der Waals surface area contributed by atoms with Crippen molar-refractivity contribution in [3.8, 4) is 0 Å². The lowest BCUT2D eigenvalue weighted by Gasteiger charge is -2.39. The molecular weight excluding hydrogens is 377 g/mol. The zero-order valence-corrected chi connectivity index (χ0v) is 16.4. The van der Waals surface area contributed by atoms with Gasteiger partial charge in [-0.15, -0.1) is 0 Å². The van der Waals surface area contributed by atoms with E-state index in [0.717, 1.165) is 57.8 Å². The number of unbranched alkanes of at least 4 members (excludes halogenated alkanes) is 8. The van der Waals surface area contributed by atoms with E-state index in [-0.39, 0.29) is 25.5 Å². The fourth-order valence-electron chi connectivity index (χ4n) is 3.31. The number of nitrogens with zero attached hydrogens (tertiary/aromatic N) is 1. The minimum absolute atomic E-state index is 0.103. The molecule has 1 saturated heterocycles. The first-order valence-electron chi connectivity index (χ1n) is 10.2. The zero-order chi connectivity index (χ0) is 21.0. The number of amides is 2. The first kappa shape index (κ1) is 24.5. The quantitative estimate of drug-likeness (QED) is 0.423. The molecule has 0 bridgehead atoms. The van der Waals surface area contributed by atoms with Gasteiger partial charge in [-0.2, -0.15) is 13.2 Å². The maximum atomic E-state index is 12.7. The Labute approximate surface area is 164 Å². The monoisotopic (exact) mass is 410 g/mol. The number of hydrogen-bond donors (Lipinski definition) is 3. The topological polar surface area (TPSA) is 89.9 Å². The molecule has 0 aromatic rings. The molecule has 1 rings (SSSR count). The molecule has 6 nitrogen and oxygen atoms in total. The van der Waals surface area contributed by atoms with Crippen molar-refractivity contribution in [1.29, 1.82) is 0 Å². The number of alkyl halides is 3. The molecule has 0 atom stereocenters. The van der Waals surface area contributed by atoms with Gasteiger partial charge in [0.2, 0.25) is 0 Å². The number of aliphatic carboxylic acids is 1. The van der Waals surface area contributed by atoms with Crippen molar-refractivity contribution < 1.29 is 33.0 Å². The highest BCUT2D eigenvalue weighted by Crippen LogP contribution is 2.38. The molecule has 1 aliphatic rings. The van der Waals surface area contributed by atoms with Crippen LogP contribution in [0, 0.1) is 0 Å². The molecule has 1 aliphatic heterocycles. The zero-order valence-electron chi connectivity index (χ0n) is 16.4. The smallest absolute Gasteiger partial charge is 0.417 e. The van der Waals surface area contributed by atoms with E-state index in [4.69, 9.17) is 5.11 Å². The molecule has 0 aromatic heterocycles. The SMILES string of the molecule is O=C(O)CCCCCCCCCCCNC(=O)N1CCC(O)(C(F)(F)F)CC1. The van der Waals surface area contributed by atoms with E-state index >= 15 is 0 Å². The van der Waals surface area contributed by atoms with Gasteiger partial charge in [-0.1, -0.05) is 44.9 Å². The lowest BCUT2D eigenvalue weighted by molar-refractivity contribution is -0.271. The Balaban J connectivity index is 1.97. The van der Waals surface area contributed by atoms with Crippen molar-refractivity contribution in [3.63, 3.8) is 0 Å². The Kier molecular flexibility index (Phi) is 10.6. The second-order valence-corrected chi connectivity index (χ2v) is 7.57. The predicted octanol–water partition coefficient (Wildman–Crippen LogP) is 4.07. The lowest BCUT2D eigenvalue weighted by Crippen LogP contribution is -2.55. The number of piperidine rings is 1. The summed E-state index contributed by atoms with van der Waals surface area (Å²) in [7, 11) is 0. The van der Waals surface area contributed by atoms with Crippen molar-refractivity contribution in [2.75, 3.05) is 19.6 Å². The lowest BCUT2D eigenvalue weighted by atomic mass is 9.91. The Morgan fingerprint density at radius 2 is 1.36 bits per heavy atom. The van der Waals surface area contributed by atoms with Crippen LogP contribution in [0.3, 0.4) is 0 Å². The summed E-state index contributed by atoms with van der Waals surface area (Å²) in [6.07, 6.45) is 3.56. The summed E-state index contributed by atoms with van der Waals surface area (Å²) in [6.45, 7) is 0.288. The Morgan fingerprint density at radius 1 is 0.893 bits per heavy atom. The van der Waals surface area contributed by atoms with E-state index in [1.807, 2.05) is 0 Å². The summed E-state index contributed by atoms with van der Waals surface area (Å²) in [4.78, 5) is 23.7. The van der Waals surface area contributed by atoms with E-state index in [2.05, 4.69) is 5.32 Å².